The van der Waals surface area contributed by atoms with E-state index in [0.717, 1.165) is 0 Å². The molecule has 0 aliphatic carbocycles. The van der Waals surface area contributed by atoms with Gasteiger partial charge in [-0.1, -0.05) is 0 Å². The number of ether oxygens (including phenoxy) is 2. The smallest absolute Gasteiger partial charge is 0.387 e. The molecule has 0 saturated carbocycles. The van der Waals surface area contributed by atoms with Crippen LogP contribution in [0.2, 0.25) is 0 Å². The predicted molar refractivity (Wildman–Crippen MR) is 73.7 cm³/mol. The second-order valence-electron chi connectivity index (χ2n) is 5.00. The third-order valence-electron chi connectivity index (χ3n) is 3.04. The van der Waals surface area contributed by atoms with Gasteiger partial charge in [0, 0.05) is 18.8 Å². The van der Waals surface area contributed by atoms with Gasteiger partial charge in [-0.2, -0.15) is 8.78 Å². The Bertz CT molecular complexity index is 472. The lowest BCUT2D eigenvalue weighted by molar-refractivity contribution is -0.0530. The Balaban J connectivity index is 1.93. The standard InChI is InChI=1S/C14H18F2N2O3/c1-9-7-18(8-10(2)20-9)14(19)17-11-3-5-12(6-4-11)21-13(15)16/h3-6,9-10,13H,7-8H2,1-2H3,(H,17,19)/t9-,10-/m1/s1. The van der Waals surface area contributed by atoms with E-state index in [4.69, 9.17) is 4.74 Å². The summed E-state index contributed by atoms with van der Waals surface area (Å²) in [6.07, 6.45) is -0.0253. The van der Waals surface area contributed by atoms with Gasteiger partial charge in [0.1, 0.15) is 5.75 Å². The normalized spacial score (nSPS) is 22.2. The van der Waals surface area contributed by atoms with Crippen LogP contribution in [0.15, 0.2) is 24.3 Å². The highest BCUT2D eigenvalue weighted by Crippen LogP contribution is 2.19. The highest BCUT2D eigenvalue weighted by atomic mass is 19.3. The van der Waals surface area contributed by atoms with Crippen molar-refractivity contribution in [2.75, 3.05) is 18.4 Å². The highest BCUT2D eigenvalue weighted by molar-refractivity contribution is 5.89. The van der Waals surface area contributed by atoms with E-state index in [1.807, 2.05) is 13.8 Å². The van der Waals surface area contributed by atoms with Gasteiger partial charge in [-0.15, -0.1) is 0 Å². The van der Waals surface area contributed by atoms with Gasteiger partial charge in [0.05, 0.1) is 12.2 Å². The van der Waals surface area contributed by atoms with Crippen molar-refractivity contribution in [1.82, 2.24) is 4.90 Å². The molecule has 0 bridgehead atoms. The Morgan fingerprint density at radius 2 is 1.86 bits per heavy atom. The molecule has 0 radical (unpaired) electrons. The summed E-state index contributed by atoms with van der Waals surface area (Å²) in [5.41, 5.74) is 0.522. The number of rotatable bonds is 3. The van der Waals surface area contributed by atoms with Crippen LogP contribution >= 0.6 is 0 Å². The van der Waals surface area contributed by atoms with Gasteiger partial charge < -0.3 is 19.7 Å². The highest BCUT2D eigenvalue weighted by Gasteiger charge is 2.25. The Hall–Kier alpha value is -1.89. The van der Waals surface area contributed by atoms with Gasteiger partial charge in [-0.3, -0.25) is 0 Å². The molecule has 1 saturated heterocycles. The molecule has 1 heterocycles. The summed E-state index contributed by atoms with van der Waals surface area (Å²) in [6.45, 7) is 1.99. The lowest BCUT2D eigenvalue weighted by Crippen LogP contribution is -2.49. The topological polar surface area (TPSA) is 50.8 Å². The third-order valence-corrected chi connectivity index (χ3v) is 3.04. The van der Waals surface area contributed by atoms with E-state index in [-0.39, 0.29) is 24.0 Å². The van der Waals surface area contributed by atoms with Gasteiger partial charge in [0.2, 0.25) is 0 Å². The number of nitrogens with one attached hydrogen (secondary N) is 1. The second kappa shape index (κ2) is 6.71. The Morgan fingerprint density at radius 1 is 1.29 bits per heavy atom. The van der Waals surface area contributed by atoms with Crippen LogP contribution in [0.3, 0.4) is 0 Å². The summed E-state index contributed by atoms with van der Waals surface area (Å²) >= 11 is 0. The first kappa shape index (κ1) is 15.5. The van der Waals surface area contributed by atoms with E-state index >= 15 is 0 Å². The van der Waals surface area contributed by atoms with Crippen molar-refractivity contribution in [2.24, 2.45) is 0 Å². The van der Waals surface area contributed by atoms with Crippen molar-refractivity contribution < 1.29 is 23.0 Å². The summed E-state index contributed by atoms with van der Waals surface area (Å²) in [4.78, 5) is 13.8. The Labute approximate surface area is 121 Å². The summed E-state index contributed by atoms with van der Waals surface area (Å²) < 4.78 is 33.9. The van der Waals surface area contributed by atoms with Crippen LogP contribution in [0, 0.1) is 0 Å². The van der Waals surface area contributed by atoms with Crippen LogP contribution in [0.5, 0.6) is 5.75 Å². The zero-order valence-corrected chi connectivity index (χ0v) is 11.9. The number of morpholine rings is 1. The molecule has 2 atom stereocenters. The first-order chi connectivity index (χ1) is 9.94. The van der Waals surface area contributed by atoms with E-state index in [2.05, 4.69) is 10.1 Å². The minimum Gasteiger partial charge on any atom is -0.435 e. The summed E-state index contributed by atoms with van der Waals surface area (Å²) in [5, 5.41) is 2.72. The molecule has 1 aromatic rings. The van der Waals surface area contributed by atoms with Gasteiger partial charge in [0.15, 0.2) is 0 Å². The van der Waals surface area contributed by atoms with Gasteiger partial charge in [-0.05, 0) is 38.1 Å². The van der Waals surface area contributed by atoms with Crippen LogP contribution in [-0.4, -0.2) is 42.8 Å². The molecular weight excluding hydrogens is 282 g/mol. The fourth-order valence-electron chi connectivity index (χ4n) is 2.27. The van der Waals surface area contributed by atoms with Gasteiger partial charge >= 0.3 is 12.6 Å². The molecule has 0 aromatic heterocycles. The maximum atomic E-state index is 12.1. The molecule has 1 aliphatic rings. The summed E-state index contributed by atoms with van der Waals surface area (Å²) in [7, 11) is 0. The molecule has 2 amide bonds. The third kappa shape index (κ3) is 4.56. The number of carbonyl (C=O) groups is 1. The van der Waals surface area contributed by atoms with Crippen molar-refractivity contribution >= 4 is 11.7 Å². The Kier molecular flexibility index (Phi) is 4.95. The van der Waals surface area contributed by atoms with Gasteiger partial charge in [0.25, 0.3) is 0 Å². The number of benzene rings is 1. The zero-order chi connectivity index (χ0) is 15.4. The van der Waals surface area contributed by atoms with Crippen LogP contribution < -0.4 is 10.1 Å². The minimum absolute atomic E-state index is 0.0127. The molecule has 5 nitrogen and oxygen atoms in total. The summed E-state index contributed by atoms with van der Waals surface area (Å²) in [6, 6.07) is 5.56. The average Bonchev–Trinajstić information content (AvgIpc) is 2.39. The number of alkyl halides is 2. The second-order valence-corrected chi connectivity index (χ2v) is 5.00. The number of nitrogens with zero attached hydrogens (tertiary/aromatic N) is 1. The number of halogens is 2. The number of carbonyl (C=O) groups excluding carboxylic acids is 1. The van der Waals surface area contributed by atoms with Crippen molar-refractivity contribution in [2.45, 2.75) is 32.7 Å². The maximum Gasteiger partial charge on any atom is 0.387 e. The van der Waals surface area contributed by atoms with Crippen molar-refractivity contribution in [3.05, 3.63) is 24.3 Å². The number of hydrogen-bond donors (Lipinski definition) is 1. The van der Waals surface area contributed by atoms with Crippen LogP contribution in [0.1, 0.15) is 13.8 Å². The molecule has 0 spiro atoms. The SMILES string of the molecule is C[C@@H]1CN(C(=O)Nc2ccc(OC(F)F)cc2)C[C@@H](C)O1. The minimum atomic E-state index is -2.86. The molecule has 2 rings (SSSR count). The average molecular weight is 300 g/mol. The fraction of sp³-hybridized carbons (Fsp3) is 0.500. The number of anilines is 1. The lowest BCUT2D eigenvalue weighted by Gasteiger charge is -2.35. The Morgan fingerprint density at radius 3 is 2.38 bits per heavy atom. The molecule has 7 heteroatoms. The zero-order valence-electron chi connectivity index (χ0n) is 11.9. The van der Waals surface area contributed by atoms with E-state index in [1.54, 1.807) is 4.90 Å². The number of urea groups is 1. The first-order valence-electron chi connectivity index (χ1n) is 6.70. The van der Waals surface area contributed by atoms with E-state index in [1.165, 1.54) is 24.3 Å². The molecule has 1 fully saturated rings. The van der Waals surface area contributed by atoms with Crippen molar-refractivity contribution in [3.8, 4) is 5.75 Å². The molecular formula is C14H18F2N2O3. The lowest BCUT2D eigenvalue weighted by atomic mass is 10.2. The molecule has 1 aromatic carbocycles. The largest absolute Gasteiger partial charge is 0.435 e. The monoisotopic (exact) mass is 300 g/mol. The molecule has 21 heavy (non-hydrogen) atoms. The quantitative estimate of drug-likeness (QED) is 0.933. The molecule has 0 unspecified atom stereocenters. The fourth-order valence-corrected chi connectivity index (χ4v) is 2.27. The van der Waals surface area contributed by atoms with Gasteiger partial charge in [-0.25, -0.2) is 4.79 Å². The molecule has 116 valence electrons. The van der Waals surface area contributed by atoms with E-state index < -0.39 is 6.61 Å². The maximum absolute atomic E-state index is 12.1. The summed E-state index contributed by atoms with van der Waals surface area (Å²) in [5.74, 6) is 0.0524. The number of hydrogen-bond acceptors (Lipinski definition) is 3. The predicted octanol–water partition coefficient (Wildman–Crippen LogP) is 2.93. The molecule has 1 aliphatic heterocycles. The van der Waals surface area contributed by atoms with Crippen molar-refractivity contribution in [1.29, 1.82) is 0 Å². The first-order valence-corrected chi connectivity index (χ1v) is 6.70. The van der Waals surface area contributed by atoms with Crippen molar-refractivity contribution in [3.63, 3.8) is 0 Å². The van der Waals surface area contributed by atoms with Crippen LogP contribution in [-0.2, 0) is 4.74 Å². The van der Waals surface area contributed by atoms with E-state index in [9.17, 15) is 13.6 Å². The van der Waals surface area contributed by atoms with Crippen LogP contribution in [0.25, 0.3) is 0 Å². The van der Waals surface area contributed by atoms with Crippen LogP contribution in [0.4, 0.5) is 19.3 Å². The number of amides is 2. The molecule has 1 N–H and O–H groups in total. The van der Waals surface area contributed by atoms with E-state index in [0.29, 0.717) is 18.8 Å².